The topological polar surface area (TPSA) is 59.9 Å². The number of hydrogen-bond donors (Lipinski definition) is 1. The van der Waals surface area contributed by atoms with E-state index in [1.165, 1.54) is 56.1 Å². The Hall–Kier alpha value is -3.46. The van der Waals surface area contributed by atoms with Crippen LogP contribution in [0.5, 0.6) is 0 Å². The number of methoxy groups -OCH3 is 1. The molecule has 4 fully saturated rings. The zero-order valence-electron chi connectivity index (χ0n) is 25.8. The Balaban J connectivity index is 1.03. The number of Topliss-reactive ketones (excluding diaryl/α,β-unsaturated/α-hetero) is 1. The fourth-order valence-electron chi connectivity index (χ4n) is 7.14. The summed E-state index contributed by atoms with van der Waals surface area (Å²) in [4.78, 5) is 17.5. The number of allylic oxidation sites excluding steroid dienone is 5. The second kappa shape index (κ2) is 12.4. The summed E-state index contributed by atoms with van der Waals surface area (Å²) in [5, 5.41) is 3.40. The number of carbonyl (C=O) groups is 1. The minimum atomic E-state index is -4.44. The number of hydrogen-bond acceptors (Lipinski definition) is 5. The van der Waals surface area contributed by atoms with Crippen molar-refractivity contribution in [3.8, 4) is 0 Å². The number of nitrogens with zero attached hydrogens (tertiary/aromatic N) is 1. The lowest BCUT2D eigenvalue weighted by Gasteiger charge is -2.45. The molecule has 2 saturated carbocycles. The molecule has 3 heterocycles. The highest BCUT2D eigenvalue weighted by Crippen LogP contribution is 2.62. The van der Waals surface area contributed by atoms with Gasteiger partial charge in [0, 0.05) is 24.6 Å². The van der Waals surface area contributed by atoms with Gasteiger partial charge in [-0.25, -0.2) is 9.38 Å². The number of benzene rings is 1. The maximum absolute atomic E-state index is 15.1. The summed E-state index contributed by atoms with van der Waals surface area (Å²) in [6, 6.07) is 4.61. The van der Waals surface area contributed by atoms with Crippen LogP contribution in [-0.2, 0) is 20.7 Å². The summed E-state index contributed by atoms with van der Waals surface area (Å²) in [6.07, 6.45) is 10.5. The van der Waals surface area contributed by atoms with Crippen molar-refractivity contribution in [1.82, 2.24) is 5.32 Å². The zero-order chi connectivity index (χ0) is 31.9. The van der Waals surface area contributed by atoms with Crippen LogP contribution in [0.4, 0.5) is 17.6 Å². The largest absolute Gasteiger partial charge is 0.500 e. The Kier molecular flexibility index (Phi) is 8.67. The second-order valence-electron chi connectivity index (χ2n) is 13.2. The van der Waals surface area contributed by atoms with Crippen LogP contribution in [0.25, 0.3) is 5.70 Å². The molecular weight excluding hydrogens is 584 g/mol. The van der Waals surface area contributed by atoms with Crippen LogP contribution in [0, 0.1) is 17.2 Å². The molecule has 6 aliphatic rings. The van der Waals surface area contributed by atoms with Gasteiger partial charge in [-0.3, -0.25) is 4.79 Å². The molecule has 5 nitrogen and oxygen atoms in total. The third-order valence-corrected chi connectivity index (χ3v) is 9.85. The molecule has 0 aromatic heterocycles. The van der Waals surface area contributed by atoms with Crippen LogP contribution in [-0.4, -0.2) is 43.0 Å². The van der Waals surface area contributed by atoms with Crippen molar-refractivity contribution in [2.45, 2.75) is 95.6 Å². The SMILES string of the molecule is C=C(/C=C(\OC)C1(C(F)(F)F)CC1)CC(=O)Cc1ccc(C2=CNC3C=C(CCCC4CC5CC(C4)O5)C(C)=CC3=N2)cc1F. The number of halogens is 4. The highest BCUT2D eigenvalue weighted by atomic mass is 19.4. The van der Waals surface area contributed by atoms with Crippen LogP contribution >= 0.6 is 0 Å². The van der Waals surface area contributed by atoms with E-state index >= 15 is 4.39 Å². The lowest BCUT2D eigenvalue weighted by atomic mass is 9.78. The number of nitrogens with one attached hydrogen (secondary N) is 1. The first kappa shape index (κ1) is 31.5. The van der Waals surface area contributed by atoms with Crippen molar-refractivity contribution >= 4 is 17.2 Å². The molecule has 3 aliphatic carbocycles. The Bertz CT molecular complexity index is 1510. The number of alkyl halides is 3. The number of rotatable bonds is 12. The maximum atomic E-state index is 15.1. The van der Waals surface area contributed by atoms with Crippen LogP contribution in [0.1, 0.15) is 75.8 Å². The van der Waals surface area contributed by atoms with E-state index in [4.69, 9.17) is 14.5 Å². The Morgan fingerprint density at radius 1 is 1.22 bits per heavy atom. The van der Waals surface area contributed by atoms with Crippen LogP contribution in [0.2, 0.25) is 0 Å². The lowest BCUT2D eigenvalue weighted by molar-refractivity contribution is -0.184. The van der Waals surface area contributed by atoms with E-state index < -0.39 is 17.4 Å². The van der Waals surface area contributed by atoms with Gasteiger partial charge >= 0.3 is 6.18 Å². The summed E-state index contributed by atoms with van der Waals surface area (Å²) in [5.41, 5.74) is 2.98. The molecule has 3 unspecified atom stereocenters. The predicted molar refractivity (Wildman–Crippen MR) is 166 cm³/mol. The monoisotopic (exact) mass is 624 g/mol. The third kappa shape index (κ3) is 6.74. The van der Waals surface area contributed by atoms with Crippen LogP contribution < -0.4 is 5.32 Å². The van der Waals surface area contributed by atoms with Gasteiger partial charge < -0.3 is 14.8 Å². The summed E-state index contributed by atoms with van der Waals surface area (Å²) in [7, 11) is 1.18. The Labute approximate surface area is 261 Å². The molecule has 1 N–H and O–H groups in total. The summed E-state index contributed by atoms with van der Waals surface area (Å²) < 4.78 is 66.4. The first-order valence-corrected chi connectivity index (χ1v) is 15.8. The van der Waals surface area contributed by atoms with Crippen molar-refractivity contribution in [2.24, 2.45) is 16.3 Å². The predicted octanol–water partition coefficient (Wildman–Crippen LogP) is 8.09. The van der Waals surface area contributed by atoms with Crippen LogP contribution in [0.3, 0.4) is 0 Å². The zero-order valence-corrected chi connectivity index (χ0v) is 25.8. The molecule has 1 aromatic carbocycles. The number of ketones is 1. The Morgan fingerprint density at radius 2 is 1.96 bits per heavy atom. The molecule has 0 radical (unpaired) electrons. The summed E-state index contributed by atoms with van der Waals surface area (Å²) >= 11 is 0. The van der Waals surface area contributed by atoms with E-state index in [1.54, 1.807) is 18.3 Å². The molecule has 0 spiro atoms. The minimum absolute atomic E-state index is 0.0309. The number of carbonyl (C=O) groups excluding carboxylic acids is 1. The fraction of sp³-hybridized carbons (Fsp3) is 0.500. The van der Waals surface area contributed by atoms with Gasteiger partial charge in [0.2, 0.25) is 0 Å². The van der Waals surface area contributed by atoms with Gasteiger partial charge in [0.1, 0.15) is 22.8 Å². The maximum Gasteiger partial charge on any atom is 0.401 e. The van der Waals surface area contributed by atoms with Gasteiger partial charge in [0.25, 0.3) is 0 Å². The molecule has 0 amide bonds. The van der Waals surface area contributed by atoms with Gasteiger partial charge in [0.15, 0.2) is 0 Å². The van der Waals surface area contributed by atoms with Crippen LogP contribution in [0.15, 0.2) is 76.7 Å². The fourth-order valence-corrected chi connectivity index (χ4v) is 7.14. The van der Waals surface area contributed by atoms with E-state index in [0.29, 0.717) is 23.5 Å². The molecule has 2 saturated heterocycles. The molecule has 7 rings (SSSR count). The van der Waals surface area contributed by atoms with Crippen molar-refractivity contribution in [3.63, 3.8) is 0 Å². The molecule has 3 atom stereocenters. The van der Waals surface area contributed by atoms with Gasteiger partial charge in [-0.1, -0.05) is 24.8 Å². The van der Waals surface area contributed by atoms with E-state index in [1.807, 2.05) is 0 Å². The molecular formula is C36H40F4N2O3. The van der Waals surface area contributed by atoms with Crippen molar-refractivity contribution in [3.05, 3.63) is 88.6 Å². The van der Waals surface area contributed by atoms with E-state index in [0.717, 1.165) is 24.5 Å². The standard InChI is InChI=1S/C36H40F4N2O3/c1-21(12-34(44-3)35(9-10-35)36(38,39)40)11-27(43)16-25-7-8-26(17-30(25)37)33-20-41-31-18-24(22(2)13-32(31)42-33)6-4-5-23-14-28-19-29(15-23)45-28/h7-8,12-13,17-18,20,23,28-29,31,41H,1,4-6,9-11,14-16,19H2,2-3H3/b34-12-. The Morgan fingerprint density at radius 3 is 2.60 bits per heavy atom. The lowest BCUT2D eigenvalue weighted by Crippen LogP contribution is -2.45. The highest BCUT2D eigenvalue weighted by molar-refractivity contribution is 6.06. The van der Waals surface area contributed by atoms with Crippen molar-refractivity contribution in [1.29, 1.82) is 0 Å². The smallest absolute Gasteiger partial charge is 0.401 e. The number of aliphatic imine (C=N–C) groups is 1. The van der Waals surface area contributed by atoms with Gasteiger partial charge in [-0.15, -0.1) is 0 Å². The van der Waals surface area contributed by atoms with Gasteiger partial charge in [-0.05, 0) is 105 Å². The molecule has 2 bridgehead atoms. The van der Waals surface area contributed by atoms with Gasteiger partial charge in [0.05, 0.1) is 36.8 Å². The quantitative estimate of drug-likeness (QED) is 0.145. The normalized spacial score (nSPS) is 26.7. The third-order valence-electron chi connectivity index (χ3n) is 9.85. The number of ether oxygens (including phenoxy) is 2. The molecule has 45 heavy (non-hydrogen) atoms. The van der Waals surface area contributed by atoms with Crippen molar-refractivity contribution in [2.75, 3.05) is 7.11 Å². The van der Waals surface area contributed by atoms with E-state index in [-0.39, 0.29) is 54.4 Å². The first-order chi connectivity index (χ1) is 21.4. The minimum Gasteiger partial charge on any atom is -0.500 e. The highest BCUT2D eigenvalue weighted by Gasteiger charge is 2.66. The molecule has 240 valence electrons. The summed E-state index contributed by atoms with van der Waals surface area (Å²) in [6.45, 7) is 5.86. The van der Waals surface area contributed by atoms with E-state index in [2.05, 4.69) is 31.0 Å². The average molecular weight is 625 g/mol. The molecule has 9 heteroatoms. The second-order valence-corrected chi connectivity index (χ2v) is 13.2. The number of fused-ring (bicyclic) bond motifs is 3. The van der Waals surface area contributed by atoms with E-state index in [9.17, 15) is 18.0 Å². The van der Waals surface area contributed by atoms with Crippen molar-refractivity contribution < 1.29 is 31.8 Å². The molecule has 1 aromatic rings. The first-order valence-electron chi connectivity index (χ1n) is 15.8. The summed E-state index contributed by atoms with van der Waals surface area (Å²) in [5.74, 6) is -0.357. The average Bonchev–Trinajstić information content (AvgIpc) is 3.79. The van der Waals surface area contributed by atoms with Gasteiger partial charge in [-0.2, -0.15) is 13.2 Å². The molecule has 3 aliphatic heterocycles.